The summed E-state index contributed by atoms with van der Waals surface area (Å²) in [6.45, 7) is 5.34. The van der Waals surface area contributed by atoms with Crippen molar-refractivity contribution in [3.05, 3.63) is 24.3 Å². The Labute approximate surface area is 128 Å². The lowest BCUT2D eigenvalue weighted by atomic mass is 9.75. The number of ether oxygens (including phenoxy) is 1. The fraction of sp³-hybridized carbons (Fsp3) is 0.611. The van der Waals surface area contributed by atoms with Crippen LogP contribution in [-0.4, -0.2) is 26.5 Å². The van der Waals surface area contributed by atoms with Crippen LogP contribution in [0.1, 0.15) is 33.1 Å². The monoisotopic (exact) mass is 289 g/mol. The van der Waals surface area contributed by atoms with Crippen LogP contribution in [0.4, 0.5) is 5.69 Å². The maximum absolute atomic E-state index is 12.2. The van der Waals surface area contributed by atoms with Gasteiger partial charge in [-0.3, -0.25) is 4.79 Å². The van der Waals surface area contributed by atoms with Gasteiger partial charge in [-0.05, 0) is 36.8 Å². The fourth-order valence-corrected chi connectivity index (χ4v) is 3.21. The van der Waals surface area contributed by atoms with Crippen LogP contribution in [0.3, 0.4) is 0 Å². The summed E-state index contributed by atoms with van der Waals surface area (Å²) in [6.07, 6.45) is 2.85. The van der Waals surface area contributed by atoms with Gasteiger partial charge in [-0.15, -0.1) is 0 Å². The van der Waals surface area contributed by atoms with Crippen LogP contribution in [-0.2, 0) is 4.79 Å². The molecule has 3 nitrogen and oxygen atoms in total. The van der Waals surface area contributed by atoms with E-state index in [0.29, 0.717) is 17.6 Å². The molecule has 1 aliphatic rings. The predicted molar refractivity (Wildman–Crippen MR) is 86.9 cm³/mol. The van der Waals surface area contributed by atoms with Gasteiger partial charge in [0.1, 0.15) is 11.5 Å². The van der Waals surface area contributed by atoms with E-state index in [1.54, 1.807) is 7.11 Å². The zero-order valence-electron chi connectivity index (χ0n) is 13.6. The largest absolute Gasteiger partial charge is 0.497 e. The van der Waals surface area contributed by atoms with Gasteiger partial charge in [0.15, 0.2) is 0 Å². The van der Waals surface area contributed by atoms with E-state index in [4.69, 9.17) is 4.74 Å². The molecule has 21 heavy (non-hydrogen) atoms. The van der Waals surface area contributed by atoms with Gasteiger partial charge < -0.3 is 9.64 Å². The molecule has 0 bridgehead atoms. The number of rotatable bonds is 5. The second-order valence-electron chi connectivity index (χ2n) is 6.52. The molecule has 2 rings (SSSR count). The van der Waals surface area contributed by atoms with Gasteiger partial charge in [0.25, 0.3) is 0 Å². The highest BCUT2D eigenvalue weighted by atomic mass is 16.5. The van der Waals surface area contributed by atoms with Crippen LogP contribution in [0.2, 0.25) is 0 Å². The van der Waals surface area contributed by atoms with Crippen molar-refractivity contribution in [2.24, 2.45) is 17.8 Å². The van der Waals surface area contributed by atoms with Gasteiger partial charge in [-0.1, -0.05) is 19.9 Å². The van der Waals surface area contributed by atoms with Gasteiger partial charge in [0.2, 0.25) is 0 Å². The van der Waals surface area contributed by atoms with E-state index in [1.165, 1.54) is 0 Å². The highest BCUT2D eigenvalue weighted by Gasteiger charge is 2.30. The number of hydrogen-bond donors (Lipinski definition) is 0. The first-order valence-electron chi connectivity index (χ1n) is 7.89. The molecule has 2 atom stereocenters. The first-order valence-corrected chi connectivity index (χ1v) is 7.89. The minimum atomic E-state index is 0.169. The Morgan fingerprint density at radius 1 is 1.38 bits per heavy atom. The van der Waals surface area contributed by atoms with E-state index in [9.17, 15) is 4.79 Å². The van der Waals surface area contributed by atoms with Gasteiger partial charge in [0, 0.05) is 37.7 Å². The lowest BCUT2D eigenvalue weighted by Gasteiger charge is -2.33. The maximum Gasteiger partial charge on any atom is 0.137 e. The number of methoxy groups -OCH3 is 1. The third-order valence-corrected chi connectivity index (χ3v) is 4.74. The highest BCUT2D eigenvalue weighted by Crippen LogP contribution is 2.33. The first kappa shape index (κ1) is 15.9. The SMILES string of the molecule is COc1cccc(N(C)CC2CC(C(C)C)CCC2=O)c1. The molecule has 0 radical (unpaired) electrons. The van der Waals surface area contributed by atoms with Crippen molar-refractivity contribution in [1.29, 1.82) is 0 Å². The molecule has 0 spiro atoms. The van der Waals surface area contributed by atoms with Gasteiger partial charge in [0.05, 0.1) is 7.11 Å². The molecule has 116 valence electrons. The fourth-order valence-electron chi connectivity index (χ4n) is 3.21. The van der Waals surface area contributed by atoms with Gasteiger partial charge >= 0.3 is 0 Å². The highest BCUT2D eigenvalue weighted by molar-refractivity contribution is 5.82. The summed E-state index contributed by atoms with van der Waals surface area (Å²) >= 11 is 0. The zero-order chi connectivity index (χ0) is 15.4. The first-order chi connectivity index (χ1) is 10.0. The molecule has 1 saturated carbocycles. The summed E-state index contributed by atoms with van der Waals surface area (Å²) in [5.74, 6) is 2.81. The average molecular weight is 289 g/mol. The second-order valence-corrected chi connectivity index (χ2v) is 6.52. The van der Waals surface area contributed by atoms with Crippen molar-refractivity contribution >= 4 is 11.5 Å². The summed E-state index contributed by atoms with van der Waals surface area (Å²) in [4.78, 5) is 14.4. The molecule has 0 heterocycles. The van der Waals surface area contributed by atoms with E-state index in [-0.39, 0.29) is 5.92 Å². The number of ketones is 1. The molecule has 0 aliphatic heterocycles. The maximum atomic E-state index is 12.2. The Balaban J connectivity index is 2.03. The Morgan fingerprint density at radius 2 is 2.14 bits per heavy atom. The van der Waals surface area contributed by atoms with Gasteiger partial charge in [-0.25, -0.2) is 0 Å². The van der Waals surface area contributed by atoms with Crippen molar-refractivity contribution < 1.29 is 9.53 Å². The Morgan fingerprint density at radius 3 is 2.81 bits per heavy atom. The molecule has 2 unspecified atom stereocenters. The van der Waals surface area contributed by atoms with Crippen LogP contribution >= 0.6 is 0 Å². The quantitative estimate of drug-likeness (QED) is 0.826. The predicted octanol–water partition coefficient (Wildman–Crippen LogP) is 3.77. The van der Waals surface area contributed by atoms with Crippen LogP contribution in [0.15, 0.2) is 24.3 Å². The van der Waals surface area contributed by atoms with Crippen molar-refractivity contribution in [1.82, 2.24) is 0 Å². The number of carbonyl (C=O) groups is 1. The zero-order valence-corrected chi connectivity index (χ0v) is 13.6. The normalized spacial score (nSPS) is 22.4. The topological polar surface area (TPSA) is 29.5 Å². The molecule has 0 amide bonds. The number of hydrogen-bond acceptors (Lipinski definition) is 3. The number of carbonyl (C=O) groups excluding carboxylic acids is 1. The third-order valence-electron chi connectivity index (χ3n) is 4.74. The minimum Gasteiger partial charge on any atom is -0.497 e. The average Bonchev–Trinajstić information content (AvgIpc) is 2.49. The summed E-state index contributed by atoms with van der Waals surface area (Å²) in [5.41, 5.74) is 1.11. The van der Waals surface area contributed by atoms with Crippen molar-refractivity contribution in [3.8, 4) is 5.75 Å². The van der Waals surface area contributed by atoms with Crippen LogP contribution in [0.25, 0.3) is 0 Å². The molecule has 0 saturated heterocycles. The third kappa shape index (κ3) is 3.99. The molecule has 0 aromatic heterocycles. The number of nitrogens with zero attached hydrogens (tertiary/aromatic N) is 1. The molecular weight excluding hydrogens is 262 g/mol. The molecule has 1 aliphatic carbocycles. The molecule has 1 fully saturated rings. The van der Waals surface area contributed by atoms with E-state index >= 15 is 0 Å². The summed E-state index contributed by atoms with van der Waals surface area (Å²) < 4.78 is 5.27. The number of Topliss-reactive ketones (excluding diaryl/α,β-unsaturated/α-hetero) is 1. The minimum absolute atomic E-state index is 0.169. The lowest BCUT2D eigenvalue weighted by molar-refractivity contribution is -0.125. The van der Waals surface area contributed by atoms with E-state index in [0.717, 1.165) is 37.2 Å². The van der Waals surface area contributed by atoms with Crippen molar-refractivity contribution in [2.75, 3.05) is 25.6 Å². The molecule has 1 aromatic carbocycles. The standard InChI is InChI=1S/C18H27NO2/c1-13(2)14-8-9-18(20)15(10-14)12-19(3)16-6-5-7-17(11-16)21-4/h5-7,11,13-15H,8-10,12H2,1-4H3. The molecule has 3 heteroatoms. The lowest BCUT2D eigenvalue weighted by Crippen LogP contribution is -2.36. The molecule has 1 aromatic rings. The van der Waals surface area contributed by atoms with Crippen LogP contribution < -0.4 is 9.64 Å². The van der Waals surface area contributed by atoms with Crippen molar-refractivity contribution in [2.45, 2.75) is 33.1 Å². The van der Waals surface area contributed by atoms with E-state index in [2.05, 4.69) is 31.9 Å². The summed E-state index contributed by atoms with van der Waals surface area (Å²) in [6, 6.07) is 8.02. The Bertz CT molecular complexity index is 484. The second kappa shape index (κ2) is 6.97. The molecular formula is C18H27NO2. The van der Waals surface area contributed by atoms with Gasteiger partial charge in [-0.2, -0.15) is 0 Å². The summed E-state index contributed by atoms with van der Waals surface area (Å²) in [5, 5.41) is 0. The Kier molecular flexibility index (Phi) is 5.27. The van der Waals surface area contributed by atoms with E-state index in [1.807, 2.05) is 18.2 Å². The smallest absolute Gasteiger partial charge is 0.137 e. The van der Waals surface area contributed by atoms with Crippen LogP contribution in [0, 0.1) is 17.8 Å². The van der Waals surface area contributed by atoms with E-state index < -0.39 is 0 Å². The number of benzene rings is 1. The summed E-state index contributed by atoms with van der Waals surface area (Å²) in [7, 11) is 3.73. The number of anilines is 1. The Hall–Kier alpha value is -1.51. The van der Waals surface area contributed by atoms with Crippen LogP contribution in [0.5, 0.6) is 5.75 Å². The molecule has 0 N–H and O–H groups in total. The van der Waals surface area contributed by atoms with Crippen molar-refractivity contribution in [3.63, 3.8) is 0 Å².